The fraction of sp³-hybridized carbons (Fsp3) is 0.450. The number of hydrogen-bond acceptors (Lipinski definition) is 8. The Hall–Kier alpha value is -2.52. The predicted molar refractivity (Wildman–Crippen MR) is 118 cm³/mol. The lowest BCUT2D eigenvalue weighted by Gasteiger charge is -2.27. The van der Waals surface area contributed by atoms with Gasteiger partial charge in [-0.1, -0.05) is 30.3 Å². The van der Waals surface area contributed by atoms with E-state index in [-0.39, 0.29) is 30.1 Å². The minimum atomic E-state index is -3.51. The van der Waals surface area contributed by atoms with Crippen LogP contribution in [-0.4, -0.2) is 61.1 Å². The van der Waals surface area contributed by atoms with Crippen LogP contribution in [0, 0.1) is 11.3 Å². The van der Waals surface area contributed by atoms with Crippen LogP contribution in [-0.2, 0) is 16.4 Å². The molecule has 1 aromatic carbocycles. The van der Waals surface area contributed by atoms with Crippen molar-refractivity contribution in [1.82, 2.24) is 10.3 Å². The van der Waals surface area contributed by atoms with Crippen LogP contribution in [0.25, 0.3) is 0 Å². The molecule has 0 spiro atoms. The first kappa shape index (κ1) is 24.7. The van der Waals surface area contributed by atoms with Crippen molar-refractivity contribution in [3.63, 3.8) is 0 Å². The minimum Gasteiger partial charge on any atom is -0.390 e. The highest BCUT2D eigenvalue weighted by Crippen LogP contribution is 2.22. The Morgan fingerprint density at radius 3 is 2.61 bits per heavy atom. The van der Waals surface area contributed by atoms with Gasteiger partial charge in [-0.3, -0.25) is 4.79 Å². The molecule has 0 aliphatic rings. The van der Waals surface area contributed by atoms with E-state index in [4.69, 9.17) is 5.26 Å². The third-order valence-electron chi connectivity index (χ3n) is 4.70. The summed E-state index contributed by atoms with van der Waals surface area (Å²) in [7, 11) is -2.17. The van der Waals surface area contributed by atoms with E-state index in [0.717, 1.165) is 27.5 Å². The third kappa shape index (κ3) is 7.29. The lowest BCUT2D eigenvalue weighted by molar-refractivity contribution is -0.00791. The fourth-order valence-corrected chi connectivity index (χ4v) is 4.39. The maximum absolute atomic E-state index is 12.7. The summed E-state index contributed by atoms with van der Waals surface area (Å²) in [4.78, 5) is 16.8. The number of sulfonamides is 1. The van der Waals surface area contributed by atoms with E-state index in [9.17, 15) is 23.4 Å². The predicted octanol–water partition coefficient (Wildman–Crippen LogP) is 1.30. The van der Waals surface area contributed by atoms with Crippen LogP contribution >= 0.6 is 11.3 Å². The number of aliphatic hydroxyl groups is 2. The lowest BCUT2D eigenvalue weighted by Crippen LogP contribution is -2.49. The summed E-state index contributed by atoms with van der Waals surface area (Å²) in [5, 5.41) is 34.0. The van der Waals surface area contributed by atoms with Gasteiger partial charge in [-0.2, -0.15) is 5.26 Å². The molecule has 0 bridgehead atoms. The number of carbonyl (C=O) groups excluding carboxylic acids is 1. The van der Waals surface area contributed by atoms with Gasteiger partial charge in [0.2, 0.25) is 10.0 Å². The van der Waals surface area contributed by atoms with Crippen LogP contribution in [0.15, 0.2) is 35.7 Å². The second-order valence-electron chi connectivity index (χ2n) is 7.12. The van der Waals surface area contributed by atoms with Gasteiger partial charge in [0.25, 0.3) is 5.91 Å². The zero-order valence-corrected chi connectivity index (χ0v) is 18.9. The van der Waals surface area contributed by atoms with E-state index in [1.807, 2.05) is 36.4 Å². The van der Waals surface area contributed by atoms with Crippen molar-refractivity contribution in [2.75, 3.05) is 17.6 Å². The van der Waals surface area contributed by atoms with Gasteiger partial charge in [0.05, 0.1) is 24.5 Å². The van der Waals surface area contributed by atoms with Gasteiger partial charge >= 0.3 is 0 Å². The number of aliphatic hydroxyl groups excluding tert-OH is 2. The number of nitriles is 1. The molecule has 31 heavy (non-hydrogen) atoms. The Balaban J connectivity index is 2.17. The second kappa shape index (κ2) is 11.2. The molecule has 11 heteroatoms. The zero-order chi connectivity index (χ0) is 23.0. The van der Waals surface area contributed by atoms with Crippen molar-refractivity contribution in [2.45, 2.75) is 43.9 Å². The number of thiazole rings is 1. The van der Waals surface area contributed by atoms with Gasteiger partial charge < -0.3 is 15.5 Å². The largest absolute Gasteiger partial charge is 0.390 e. The molecule has 0 saturated heterocycles. The molecule has 1 heterocycles. The third-order valence-corrected chi connectivity index (χ3v) is 6.90. The van der Waals surface area contributed by atoms with Gasteiger partial charge in [0.1, 0.15) is 11.8 Å². The number of carbonyl (C=O) groups is 1. The molecule has 3 N–H and O–H groups in total. The summed E-state index contributed by atoms with van der Waals surface area (Å²) in [5.74, 6) is -0.589. The Bertz CT molecular complexity index is 1000. The molecule has 2 aromatic rings. The number of benzene rings is 1. The molecule has 0 saturated carbocycles. The molecule has 3 unspecified atom stereocenters. The quantitative estimate of drug-likeness (QED) is 0.423. The van der Waals surface area contributed by atoms with Gasteiger partial charge in [0.15, 0.2) is 5.13 Å². The maximum Gasteiger partial charge on any atom is 0.271 e. The number of nitrogens with one attached hydrogen (secondary N) is 1. The number of amides is 1. The van der Waals surface area contributed by atoms with Gasteiger partial charge in [-0.25, -0.2) is 17.7 Å². The van der Waals surface area contributed by atoms with Crippen LogP contribution < -0.4 is 9.62 Å². The number of nitrogens with zero attached hydrogens (tertiary/aromatic N) is 3. The number of aromatic nitrogens is 1. The summed E-state index contributed by atoms with van der Waals surface area (Å²) in [5.41, 5.74) is 0.867. The number of unbranched alkanes of at least 4 members (excludes halogenated alkanes) is 1. The molecule has 0 fully saturated rings. The molecule has 168 valence electrons. The minimum absolute atomic E-state index is 0.0136. The molecule has 3 atom stereocenters. The summed E-state index contributed by atoms with van der Waals surface area (Å²) in [6, 6.07) is 10.4. The molecule has 0 radical (unpaired) electrons. The first-order valence-electron chi connectivity index (χ1n) is 9.60. The van der Waals surface area contributed by atoms with Crippen molar-refractivity contribution in [1.29, 1.82) is 5.26 Å². The Labute approximate surface area is 186 Å². The average molecular weight is 467 g/mol. The first-order chi connectivity index (χ1) is 14.6. The smallest absolute Gasteiger partial charge is 0.271 e. The van der Waals surface area contributed by atoms with Crippen molar-refractivity contribution < 1.29 is 23.4 Å². The summed E-state index contributed by atoms with van der Waals surface area (Å²) < 4.78 is 24.3. The topological polar surface area (TPSA) is 144 Å². The van der Waals surface area contributed by atoms with Crippen molar-refractivity contribution in [3.8, 4) is 6.07 Å². The number of anilines is 1. The van der Waals surface area contributed by atoms with E-state index < -0.39 is 34.2 Å². The van der Waals surface area contributed by atoms with E-state index in [2.05, 4.69) is 10.3 Å². The number of rotatable bonds is 11. The van der Waals surface area contributed by atoms with Crippen LogP contribution in [0.5, 0.6) is 0 Å². The standard InChI is InChI=1S/C20H26N4O5S2/c1-24(31(2,28)29)20-23-16(13-30-20)19(27)22-15(12-14-8-4-3-5-9-14)18(26)17(25)10-6-7-11-21/h3-5,8-9,13,15,17-18,25-26H,6-7,10,12H2,1-2H3,(H,22,27). The fourth-order valence-electron chi connectivity index (χ4n) is 2.85. The van der Waals surface area contributed by atoms with Gasteiger partial charge in [-0.05, 0) is 24.8 Å². The molecular weight excluding hydrogens is 440 g/mol. The van der Waals surface area contributed by atoms with E-state index >= 15 is 0 Å². The average Bonchev–Trinajstić information content (AvgIpc) is 3.22. The SMILES string of the molecule is CN(c1nc(C(=O)NC(Cc2ccccc2)C(O)C(O)CCCC#N)cs1)S(C)(=O)=O. The van der Waals surface area contributed by atoms with Gasteiger partial charge in [0, 0.05) is 18.8 Å². The monoisotopic (exact) mass is 466 g/mol. The van der Waals surface area contributed by atoms with Crippen molar-refractivity contribution in [3.05, 3.63) is 47.0 Å². The zero-order valence-electron chi connectivity index (χ0n) is 17.3. The van der Waals surface area contributed by atoms with Crippen molar-refractivity contribution >= 4 is 32.4 Å². The highest BCUT2D eigenvalue weighted by Gasteiger charge is 2.29. The maximum atomic E-state index is 12.7. The van der Waals surface area contributed by atoms with E-state index in [1.165, 1.54) is 12.4 Å². The van der Waals surface area contributed by atoms with Crippen molar-refractivity contribution in [2.24, 2.45) is 0 Å². The number of hydrogen-bond donors (Lipinski definition) is 3. The summed E-state index contributed by atoms with van der Waals surface area (Å²) in [6.07, 6.45) is -0.180. The molecule has 2 rings (SSSR count). The normalized spacial score (nSPS) is 14.3. The van der Waals surface area contributed by atoms with E-state index in [1.54, 1.807) is 0 Å². The molecular formula is C20H26N4O5S2. The molecule has 1 aromatic heterocycles. The first-order valence-corrected chi connectivity index (χ1v) is 12.3. The summed E-state index contributed by atoms with van der Waals surface area (Å²) in [6.45, 7) is 0. The molecule has 0 aliphatic carbocycles. The van der Waals surface area contributed by atoms with Crippen LogP contribution in [0.2, 0.25) is 0 Å². The Morgan fingerprint density at radius 1 is 1.32 bits per heavy atom. The molecule has 0 aliphatic heterocycles. The highest BCUT2D eigenvalue weighted by atomic mass is 32.2. The Kier molecular flexibility index (Phi) is 8.94. The lowest BCUT2D eigenvalue weighted by atomic mass is 9.95. The molecule has 9 nitrogen and oxygen atoms in total. The second-order valence-corrected chi connectivity index (χ2v) is 9.97. The van der Waals surface area contributed by atoms with E-state index in [0.29, 0.717) is 6.42 Å². The van der Waals surface area contributed by atoms with Crippen LogP contribution in [0.1, 0.15) is 35.3 Å². The Morgan fingerprint density at radius 2 is 2.00 bits per heavy atom. The van der Waals surface area contributed by atoms with Gasteiger partial charge in [-0.15, -0.1) is 11.3 Å². The van der Waals surface area contributed by atoms with Crippen LogP contribution in [0.3, 0.4) is 0 Å². The van der Waals surface area contributed by atoms with Crippen LogP contribution in [0.4, 0.5) is 5.13 Å². The summed E-state index contributed by atoms with van der Waals surface area (Å²) >= 11 is 1.00. The highest BCUT2D eigenvalue weighted by molar-refractivity contribution is 7.92. The molecule has 1 amide bonds.